The Kier molecular flexibility index (Phi) is 4.19. The van der Waals surface area contributed by atoms with Crippen LogP contribution < -0.4 is 5.32 Å². The van der Waals surface area contributed by atoms with E-state index >= 15 is 0 Å². The van der Waals surface area contributed by atoms with E-state index in [9.17, 15) is 5.11 Å². The normalized spacial score (nSPS) is 20.5. The van der Waals surface area contributed by atoms with Crippen LogP contribution in [0.5, 0.6) is 5.75 Å². The highest BCUT2D eigenvalue weighted by atomic mass is 16.3. The quantitative estimate of drug-likeness (QED) is 0.853. The Hall–Kier alpha value is -1.02. The molecule has 1 aliphatic heterocycles. The second kappa shape index (κ2) is 5.54. The number of piperidine rings is 1. The predicted molar refractivity (Wildman–Crippen MR) is 80.8 cm³/mol. The van der Waals surface area contributed by atoms with Gasteiger partial charge in [-0.25, -0.2) is 0 Å². The molecule has 2 rings (SSSR count). The van der Waals surface area contributed by atoms with E-state index in [0.717, 1.165) is 30.0 Å². The zero-order valence-electron chi connectivity index (χ0n) is 12.7. The fourth-order valence-corrected chi connectivity index (χ4v) is 2.98. The Labute approximate surface area is 117 Å². The first kappa shape index (κ1) is 14.4. The third kappa shape index (κ3) is 3.50. The standard InChI is InChI=1S/C17H27NO/c1-12-8-14(9-13-6-5-7-18-11-13)10-15(16(12)19)17(2,3)4/h8,10,13,18-19H,5-7,9,11H2,1-4H3. The van der Waals surface area contributed by atoms with Crippen LogP contribution in [-0.2, 0) is 11.8 Å². The molecule has 1 heterocycles. The van der Waals surface area contributed by atoms with Crippen LogP contribution in [0.2, 0.25) is 0 Å². The second-order valence-electron chi connectivity index (χ2n) is 6.98. The summed E-state index contributed by atoms with van der Waals surface area (Å²) in [6.45, 7) is 10.8. The Bertz CT molecular complexity index is 439. The Morgan fingerprint density at radius 3 is 2.63 bits per heavy atom. The predicted octanol–water partition coefficient (Wildman–Crippen LogP) is 3.54. The lowest BCUT2D eigenvalue weighted by Gasteiger charge is -2.26. The second-order valence-corrected chi connectivity index (χ2v) is 6.98. The van der Waals surface area contributed by atoms with Gasteiger partial charge in [0.2, 0.25) is 0 Å². The molecule has 106 valence electrons. The van der Waals surface area contributed by atoms with E-state index in [1.807, 2.05) is 6.92 Å². The van der Waals surface area contributed by atoms with Gasteiger partial charge in [0.25, 0.3) is 0 Å². The minimum absolute atomic E-state index is 0.00430. The van der Waals surface area contributed by atoms with Crippen LogP contribution in [0.25, 0.3) is 0 Å². The van der Waals surface area contributed by atoms with Crippen LogP contribution in [-0.4, -0.2) is 18.2 Å². The molecule has 0 amide bonds. The van der Waals surface area contributed by atoms with Gasteiger partial charge in [-0.1, -0.05) is 32.9 Å². The first-order valence-electron chi connectivity index (χ1n) is 7.41. The van der Waals surface area contributed by atoms with Crippen LogP contribution in [0.15, 0.2) is 12.1 Å². The fraction of sp³-hybridized carbons (Fsp3) is 0.647. The first-order valence-corrected chi connectivity index (χ1v) is 7.41. The Morgan fingerprint density at radius 1 is 1.32 bits per heavy atom. The molecule has 1 unspecified atom stereocenters. The number of phenols is 1. The molecule has 19 heavy (non-hydrogen) atoms. The molecule has 1 aliphatic rings. The molecule has 1 aromatic carbocycles. The molecule has 1 saturated heterocycles. The number of rotatable bonds is 2. The zero-order valence-corrected chi connectivity index (χ0v) is 12.7. The highest BCUT2D eigenvalue weighted by Crippen LogP contribution is 2.34. The van der Waals surface area contributed by atoms with E-state index in [-0.39, 0.29) is 5.41 Å². The maximum absolute atomic E-state index is 10.3. The Morgan fingerprint density at radius 2 is 2.05 bits per heavy atom. The van der Waals surface area contributed by atoms with Crippen LogP contribution in [0.4, 0.5) is 0 Å². The van der Waals surface area contributed by atoms with Gasteiger partial charge < -0.3 is 10.4 Å². The van der Waals surface area contributed by atoms with E-state index < -0.39 is 0 Å². The van der Waals surface area contributed by atoms with Crippen molar-refractivity contribution in [3.05, 3.63) is 28.8 Å². The summed E-state index contributed by atoms with van der Waals surface area (Å²) < 4.78 is 0. The van der Waals surface area contributed by atoms with Crippen LogP contribution in [0.3, 0.4) is 0 Å². The first-order chi connectivity index (χ1) is 8.88. The summed E-state index contributed by atoms with van der Waals surface area (Å²) >= 11 is 0. The molecular formula is C17H27NO. The molecule has 1 fully saturated rings. The number of benzene rings is 1. The van der Waals surface area contributed by atoms with E-state index in [1.54, 1.807) is 0 Å². The van der Waals surface area contributed by atoms with Crippen molar-refractivity contribution in [1.29, 1.82) is 0 Å². The maximum atomic E-state index is 10.3. The van der Waals surface area contributed by atoms with Crippen molar-refractivity contribution in [2.45, 2.75) is 52.4 Å². The van der Waals surface area contributed by atoms with Crippen molar-refractivity contribution in [3.63, 3.8) is 0 Å². The van der Waals surface area contributed by atoms with Gasteiger partial charge in [0.05, 0.1) is 0 Å². The van der Waals surface area contributed by atoms with Crippen molar-refractivity contribution in [2.24, 2.45) is 5.92 Å². The number of hydrogen-bond donors (Lipinski definition) is 2. The monoisotopic (exact) mass is 261 g/mol. The summed E-state index contributed by atoms with van der Waals surface area (Å²) in [6.07, 6.45) is 3.73. The largest absolute Gasteiger partial charge is 0.507 e. The summed E-state index contributed by atoms with van der Waals surface area (Å²) in [4.78, 5) is 0. The van der Waals surface area contributed by atoms with Gasteiger partial charge in [0, 0.05) is 0 Å². The lowest BCUT2D eigenvalue weighted by molar-refractivity contribution is 0.375. The molecule has 1 aromatic rings. The van der Waals surface area contributed by atoms with Gasteiger partial charge in [0.1, 0.15) is 5.75 Å². The Balaban J connectivity index is 2.23. The summed E-state index contributed by atoms with van der Waals surface area (Å²) in [5.74, 6) is 1.21. The van der Waals surface area contributed by atoms with Crippen molar-refractivity contribution < 1.29 is 5.11 Å². The van der Waals surface area contributed by atoms with Crippen LogP contribution in [0, 0.1) is 12.8 Å². The van der Waals surface area contributed by atoms with E-state index in [2.05, 4.69) is 38.2 Å². The molecule has 2 N–H and O–H groups in total. The molecule has 2 nitrogen and oxygen atoms in total. The third-order valence-electron chi connectivity index (χ3n) is 4.09. The summed E-state index contributed by atoms with van der Waals surface area (Å²) in [5, 5.41) is 13.7. The lowest BCUT2D eigenvalue weighted by Crippen LogP contribution is -2.30. The third-order valence-corrected chi connectivity index (χ3v) is 4.09. The minimum Gasteiger partial charge on any atom is -0.507 e. The average Bonchev–Trinajstić information content (AvgIpc) is 2.33. The maximum Gasteiger partial charge on any atom is 0.122 e. The zero-order chi connectivity index (χ0) is 14.0. The highest BCUT2D eigenvalue weighted by molar-refractivity contribution is 5.46. The molecule has 0 spiro atoms. The summed E-state index contributed by atoms with van der Waals surface area (Å²) in [6, 6.07) is 4.36. The molecule has 0 saturated carbocycles. The SMILES string of the molecule is Cc1cc(CC2CCCNC2)cc(C(C)(C)C)c1O. The van der Waals surface area contributed by atoms with Gasteiger partial charge in [-0.3, -0.25) is 0 Å². The van der Waals surface area contributed by atoms with E-state index in [4.69, 9.17) is 0 Å². The van der Waals surface area contributed by atoms with Crippen molar-refractivity contribution in [1.82, 2.24) is 5.32 Å². The molecule has 0 aromatic heterocycles. The molecule has 2 heteroatoms. The number of aromatic hydroxyl groups is 1. The number of aryl methyl sites for hydroxylation is 1. The number of hydrogen-bond acceptors (Lipinski definition) is 2. The van der Waals surface area contributed by atoms with Crippen molar-refractivity contribution in [2.75, 3.05) is 13.1 Å². The van der Waals surface area contributed by atoms with Crippen LogP contribution >= 0.6 is 0 Å². The van der Waals surface area contributed by atoms with E-state index in [1.165, 1.54) is 24.9 Å². The van der Waals surface area contributed by atoms with Crippen LogP contribution in [0.1, 0.15) is 50.3 Å². The number of nitrogens with one attached hydrogen (secondary N) is 1. The van der Waals surface area contributed by atoms with Gasteiger partial charge in [-0.05, 0) is 67.3 Å². The molecule has 0 radical (unpaired) electrons. The van der Waals surface area contributed by atoms with Gasteiger partial charge >= 0.3 is 0 Å². The minimum atomic E-state index is -0.00430. The smallest absolute Gasteiger partial charge is 0.122 e. The molecule has 0 aliphatic carbocycles. The van der Waals surface area contributed by atoms with Crippen molar-refractivity contribution >= 4 is 0 Å². The van der Waals surface area contributed by atoms with Gasteiger partial charge in [-0.2, -0.15) is 0 Å². The highest BCUT2D eigenvalue weighted by Gasteiger charge is 2.21. The average molecular weight is 261 g/mol. The number of phenolic OH excluding ortho intramolecular Hbond substituents is 1. The van der Waals surface area contributed by atoms with Gasteiger partial charge in [-0.15, -0.1) is 0 Å². The summed E-state index contributed by atoms with van der Waals surface area (Å²) in [7, 11) is 0. The topological polar surface area (TPSA) is 32.3 Å². The molecule has 1 atom stereocenters. The summed E-state index contributed by atoms with van der Waals surface area (Å²) in [5.41, 5.74) is 3.45. The lowest BCUT2D eigenvalue weighted by atomic mass is 9.82. The van der Waals surface area contributed by atoms with E-state index in [0.29, 0.717) is 5.75 Å². The fourth-order valence-electron chi connectivity index (χ4n) is 2.98. The molecule has 0 bridgehead atoms. The van der Waals surface area contributed by atoms with Crippen molar-refractivity contribution in [3.8, 4) is 5.75 Å². The molecular weight excluding hydrogens is 234 g/mol. The van der Waals surface area contributed by atoms with Gasteiger partial charge in [0.15, 0.2) is 0 Å².